The minimum Gasteiger partial charge on any atom is -0.426 e. The molecule has 0 spiro atoms. The summed E-state index contributed by atoms with van der Waals surface area (Å²) in [6, 6.07) is 7.63. The van der Waals surface area contributed by atoms with Crippen molar-refractivity contribution in [2.45, 2.75) is 61.8 Å². The fraction of sp³-hybridized carbons (Fsp3) is 0.632. The lowest BCUT2D eigenvalue weighted by Crippen LogP contribution is -2.45. The van der Waals surface area contributed by atoms with Crippen LogP contribution in [-0.4, -0.2) is 5.97 Å². The van der Waals surface area contributed by atoms with Crippen molar-refractivity contribution in [2.75, 3.05) is 0 Å². The van der Waals surface area contributed by atoms with Gasteiger partial charge in [-0.2, -0.15) is 0 Å². The third kappa shape index (κ3) is 4.59. The smallest absolute Gasteiger partial charge is 0.317 e. The van der Waals surface area contributed by atoms with Gasteiger partial charge in [-0.3, -0.25) is 4.79 Å². The molecule has 1 aromatic carbocycles. The Hall–Kier alpha value is -1.31. The first kappa shape index (κ1) is 17.7. The molecule has 0 saturated carbocycles. The summed E-state index contributed by atoms with van der Waals surface area (Å²) in [7, 11) is 0. The van der Waals surface area contributed by atoms with Crippen LogP contribution in [0.1, 0.15) is 60.5 Å². The number of aryl methyl sites for hydroxylation is 1. The summed E-state index contributed by atoms with van der Waals surface area (Å²) in [6.07, 6.45) is 0.786. The number of hydrogen-bond donors (Lipinski definition) is 0. The number of ether oxygens (including phenoxy) is 1. The van der Waals surface area contributed by atoms with Gasteiger partial charge >= 0.3 is 5.97 Å². The Kier molecular flexibility index (Phi) is 4.92. The van der Waals surface area contributed by atoms with Crippen LogP contribution in [0.5, 0.6) is 5.75 Å². The molecular weight excluding hydrogens is 260 g/mol. The molecule has 2 heteroatoms. The van der Waals surface area contributed by atoms with Crippen molar-refractivity contribution in [2.24, 2.45) is 16.2 Å². The Bertz CT molecular complexity index is 486. The Morgan fingerprint density at radius 1 is 0.952 bits per heavy atom. The molecule has 0 amide bonds. The highest BCUT2D eigenvalue weighted by molar-refractivity contribution is 5.79. The largest absolute Gasteiger partial charge is 0.426 e. The molecule has 0 bridgehead atoms. The third-order valence-electron chi connectivity index (χ3n) is 4.22. The second-order valence-electron chi connectivity index (χ2n) is 8.52. The number of benzene rings is 1. The van der Waals surface area contributed by atoms with Crippen LogP contribution in [0, 0.1) is 23.2 Å². The van der Waals surface area contributed by atoms with Gasteiger partial charge in [0.2, 0.25) is 0 Å². The minimum absolute atomic E-state index is 0.0638. The molecule has 0 saturated heterocycles. The molecule has 0 heterocycles. The maximum absolute atomic E-state index is 12.8. The molecule has 2 nitrogen and oxygen atoms in total. The minimum atomic E-state index is -0.532. The summed E-state index contributed by atoms with van der Waals surface area (Å²) >= 11 is 0. The molecule has 0 radical (unpaired) electrons. The standard InChI is InChI=1S/C19H30O2/c1-14-9-11-15(12-10-14)21-16(20)19(8,18(5,6)7)13-17(2,3)4/h9-12H,13H2,1-8H3. The van der Waals surface area contributed by atoms with E-state index >= 15 is 0 Å². The molecule has 1 atom stereocenters. The van der Waals surface area contributed by atoms with Crippen LogP contribution < -0.4 is 4.74 Å². The molecule has 0 aliphatic rings. The second kappa shape index (κ2) is 5.82. The molecule has 0 aliphatic carbocycles. The van der Waals surface area contributed by atoms with Crippen LogP contribution in [0.15, 0.2) is 24.3 Å². The lowest BCUT2D eigenvalue weighted by molar-refractivity contribution is -0.154. The second-order valence-corrected chi connectivity index (χ2v) is 8.52. The van der Waals surface area contributed by atoms with E-state index in [2.05, 4.69) is 41.5 Å². The SMILES string of the molecule is Cc1ccc(OC(=O)C(C)(CC(C)(C)C)C(C)(C)C)cc1. The molecule has 0 aliphatic heterocycles. The van der Waals surface area contributed by atoms with Gasteiger partial charge in [0.15, 0.2) is 0 Å². The van der Waals surface area contributed by atoms with Crippen LogP contribution in [0.2, 0.25) is 0 Å². The van der Waals surface area contributed by atoms with E-state index in [0.717, 1.165) is 12.0 Å². The number of carbonyl (C=O) groups is 1. The molecule has 0 aromatic heterocycles. The number of rotatable bonds is 3. The molecule has 1 rings (SSSR count). The van der Waals surface area contributed by atoms with Gasteiger partial charge in [-0.15, -0.1) is 0 Å². The van der Waals surface area contributed by atoms with E-state index in [0.29, 0.717) is 5.75 Å². The van der Waals surface area contributed by atoms with Crippen LogP contribution >= 0.6 is 0 Å². The maximum atomic E-state index is 12.8. The van der Waals surface area contributed by atoms with Crippen LogP contribution in [0.4, 0.5) is 0 Å². The summed E-state index contributed by atoms with van der Waals surface area (Å²) in [5.41, 5.74) is 0.523. The molecule has 0 fully saturated rings. The Labute approximate surface area is 129 Å². The average Bonchev–Trinajstić information content (AvgIpc) is 2.28. The number of carbonyl (C=O) groups excluding carboxylic acids is 1. The molecule has 1 aromatic rings. The molecule has 118 valence electrons. The van der Waals surface area contributed by atoms with Crippen molar-refractivity contribution < 1.29 is 9.53 Å². The molecule has 0 N–H and O–H groups in total. The Morgan fingerprint density at radius 2 is 1.43 bits per heavy atom. The van der Waals surface area contributed by atoms with Gasteiger partial charge in [-0.05, 0) is 43.2 Å². The van der Waals surface area contributed by atoms with Crippen molar-refractivity contribution in [1.29, 1.82) is 0 Å². The van der Waals surface area contributed by atoms with Crippen LogP contribution in [0.3, 0.4) is 0 Å². The van der Waals surface area contributed by atoms with E-state index in [-0.39, 0.29) is 16.8 Å². The topological polar surface area (TPSA) is 26.3 Å². The first-order chi connectivity index (χ1) is 9.35. The normalized spacial score (nSPS) is 15.4. The number of esters is 1. The van der Waals surface area contributed by atoms with Gasteiger partial charge in [-0.25, -0.2) is 0 Å². The van der Waals surface area contributed by atoms with Crippen molar-refractivity contribution in [3.05, 3.63) is 29.8 Å². The van der Waals surface area contributed by atoms with Gasteiger partial charge in [0.1, 0.15) is 5.75 Å². The summed E-state index contributed by atoms with van der Waals surface area (Å²) in [4.78, 5) is 12.8. The van der Waals surface area contributed by atoms with Crippen molar-refractivity contribution >= 4 is 5.97 Å². The first-order valence-corrected chi connectivity index (χ1v) is 7.64. The van der Waals surface area contributed by atoms with E-state index in [4.69, 9.17) is 4.74 Å². The number of hydrogen-bond acceptors (Lipinski definition) is 2. The molecule has 1 unspecified atom stereocenters. The monoisotopic (exact) mass is 290 g/mol. The van der Waals surface area contributed by atoms with Gasteiger partial charge < -0.3 is 4.74 Å². The Morgan fingerprint density at radius 3 is 1.81 bits per heavy atom. The zero-order valence-corrected chi connectivity index (χ0v) is 14.8. The fourth-order valence-electron chi connectivity index (χ4n) is 2.53. The first-order valence-electron chi connectivity index (χ1n) is 7.64. The van der Waals surface area contributed by atoms with E-state index in [9.17, 15) is 4.79 Å². The summed E-state index contributed by atoms with van der Waals surface area (Å²) < 4.78 is 5.67. The maximum Gasteiger partial charge on any atom is 0.317 e. The summed E-state index contributed by atoms with van der Waals surface area (Å²) in [6.45, 7) is 16.8. The van der Waals surface area contributed by atoms with Crippen molar-refractivity contribution in [1.82, 2.24) is 0 Å². The molecule has 21 heavy (non-hydrogen) atoms. The summed E-state index contributed by atoms with van der Waals surface area (Å²) in [5, 5.41) is 0. The highest BCUT2D eigenvalue weighted by atomic mass is 16.5. The van der Waals surface area contributed by atoms with Crippen LogP contribution in [-0.2, 0) is 4.79 Å². The van der Waals surface area contributed by atoms with Gasteiger partial charge in [0, 0.05) is 0 Å². The zero-order valence-electron chi connectivity index (χ0n) is 14.8. The van der Waals surface area contributed by atoms with Gasteiger partial charge in [0.05, 0.1) is 5.41 Å². The van der Waals surface area contributed by atoms with Gasteiger partial charge in [0.25, 0.3) is 0 Å². The average molecular weight is 290 g/mol. The van der Waals surface area contributed by atoms with E-state index in [1.165, 1.54) is 0 Å². The van der Waals surface area contributed by atoms with Crippen molar-refractivity contribution in [3.63, 3.8) is 0 Å². The quantitative estimate of drug-likeness (QED) is 0.551. The summed E-state index contributed by atoms with van der Waals surface area (Å²) in [5.74, 6) is 0.476. The van der Waals surface area contributed by atoms with Gasteiger partial charge in [-0.1, -0.05) is 59.2 Å². The highest BCUT2D eigenvalue weighted by Gasteiger charge is 2.47. The van der Waals surface area contributed by atoms with Crippen molar-refractivity contribution in [3.8, 4) is 5.75 Å². The fourth-order valence-corrected chi connectivity index (χ4v) is 2.53. The highest BCUT2D eigenvalue weighted by Crippen LogP contribution is 2.47. The molecular formula is C19H30O2. The predicted molar refractivity (Wildman–Crippen MR) is 88.4 cm³/mol. The Balaban J connectivity index is 3.04. The predicted octanol–water partition coefficient (Wildman–Crippen LogP) is 5.39. The van der Waals surface area contributed by atoms with E-state index < -0.39 is 5.41 Å². The van der Waals surface area contributed by atoms with E-state index in [1.807, 2.05) is 38.1 Å². The van der Waals surface area contributed by atoms with E-state index in [1.54, 1.807) is 0 Å². The lowest BCUT2D eigenvalue weighted by atomic mass is 9.61. The zero-order chi connectivity index (χ0) is 16.5. The van der Waals surface area contributed by atoms with Crippen LogP contribution in [0.25, 0.3) is 0 Å². The lowest BCUT2D eigenvalue weighted by Gasteiger charge is -2.43. The third-order valence-corrected chi connectivity index (χ3v) is 4.22.